The van der Waals surface area contributed by atoms with Crippen molar-refractivity contribution < 1.29 is 19.1 Å². The summed E-state index contributed by atoms with van der Waals surface area (Å²) >= 11 is 0. The van der Waals surface area contributed by atoms with E-state index < -0.39 is 23.5 Å². The van der Waals surface area contributed by atoms with Crippen LogP contribution in [0.4, 0.5) is 4.79 Å². The van der Waals surface area contributed by atoms with Gasteiger partial charge in [-0.25, -0.2) is 4.79 Å². The number of hydrogen-bond acceptors (Lipinski definition) is 5. The Hall–Kier alpha value is -2.70. The molecule has 1 heterocycles. The third kappa shape index (κ3) is 6.50. The van der Waals surface area contributed by atoms with E-state index in [9.17, 15) is 9.59 Å². The largest absolute Gasteiger partial charge is 0.436 e. The van der Waals surface area contributed by atoms with Gasteiger partial charge in [0.15, 0.2) is 11.9 Å². The Morgan fingerprint density at radius 3 is 1.86 bits per heavy atom. The van der Waals surface area contributed by atoms with Crippen LogP contribution in [0.15, 0.2) is 60.7 Å². The van der Waals surface area contributed by atoms with Gasteiger partial charge in [0.25, 0.3) is 0 Å². The van der Waals surface area contributed by atoms with Crippen molar-refractivity contribution in [1.29, 1.82) is 0 Å². The molecule has 0 spiro atoms. The molecular weight excluding hydrogens is 440 g/mol. The summed E-state index contributed by atoms with van der Waals surface area (Å²) in [6.07, 6.45) is -0.436. The van der Waals surface area contributed by atoms with Crippen LogP contribution in [0.1, 0.15) is 65.5 Å². The number of Topliss-reactive ketones (excluding diaryl/α,β-unsaturated/α-hetero) is 1. The number of hydrogen-bond donors (Lipinski definition) is 0. The van der Waals surface area contributed by atoms with Gasteiger partial charge in [-0.3, -0.25) is 14.6 Å². The van der Waals surface area contributed by atoms with E-state index >= 15 is 0 Å². The third-order valence-electron chi connectivity index (χ3n) is 6.69. The molecule has 190 valence electrons. The molecule has 2 aromatic rings. The molecule has 1 amide bonds. The second kappa shape index (κ2) is 11.4. The third-order valence-corrected chi connectivity index (χ3v) is 6.69. The molecule has 0 bridgehead atoms. The van der Waals surface area contributed by atoms with Crippen molar-refractivity contribution in [1.82, 2.24) is 9.80 Å². The van der Waals surface area contributed by atoms with E-state index in [-0.39, 0.29) is 11.8 Å². The van der Waals surface area contributed by atoms with Gasteiger partial charge >= 0.3 is 6.09 Å². The molecule has 2 atom stereocenters. The number of rotatable bonds is 10. The molecule has 0 N–H and O–H groups in total. The lowest BCUT2D eigenvalue weighted by atomic mass is 9.98. The first kappa shape index (κ1) is 26.9. The Bertz CT molecular complexity index is 917. The van der Waals surface area contributed by atoms with Crippen LogP contribution in [-0.2, 0) is 27.4 Å². The summed E-state index contributed by atoms with van der Waals surface area (Å²) in [5, 5.41) is 0. The van der Waals surface area contributed by atoms with Crippen LogP contribution < -0.4 is 0 Å². The van der Waals surface area contributed by atoms with E-state index in [0.29, 0.717) is 32.5 Å². The summed E-state index contributed by atoms with van der Waals surface area (Å²) in [4.78, 5) is 30.6. The standard InChI is InChI=1S/C29H40N2O4/c1-7-24(30(19-22-15-11-9-12-16-22)20-23-17-13-10-14-18-23)26(25(32)8-2)35-27(33)31-28(3,4)21-34-29(31,5)6/h9-18,24,26H,7-8,19-21H2,1-6H3/t24-,26-/m1/s1. The van der Waals surface area contributed by atoms with Gasteiger partial charge in [-0.2, -0.15) is 0 Å². The highest BCUT2D eigenvalue weighted by Crippen LogP contribution is 2.35. The second-order valence-corrected chi connectivity index (χ2v) is 10.4. The van der Waals surface area contributed by atoms with Crippen LogP contribution >= 0.6 is 0 Å². The van der Waals surface area contributed by atoms with Gasteiger partial charge in [-0.1, -0.05) is 74.5 Å². The first-order chi connectivity index (χ1) is 16.6. The number of amides is 1. The van der Waals surface area contributed by atoms with Crippen LogP contribution in [0.5, 0.6) is 0 Å². The molecule has 0 saturated carbocycles. The lowest BCUT2D eigenvalue weighted by Crippen LogP contribution is -2.56. The van der Waals surface area contributed by atoms with Crippen LogP contribution in [-0.4, -0.2) is 51.7 Å². The number of carbonyl (C=O) groups excluding carboxylic acids is 2. The Balaban J connectivity index is 1.93. The molecule has 2 aromatic carbocycles. The average molecular weight is 481 g/mol. The highest BCUT2D eigenvalue weighted by atomic mass is 16.6. The molecule has 0 aromatic heterocycles. The average Bonchev–Trinajstić information content (AvgIpc) is 3.06. The van der Waals surface area contributed by atoms with Gasteiger partial charge in [-0.05, 0) is 45.2 Å². The number of nitrogens with zero attached hydrogens (tertiary/aromatic N) is 2. The fraction of sp³-hybridized carbons (Fsp3) is 0.517. The van der Waals surface area contributed by atoms with E-state index in [4.69, 9.17) is 9.47 Å². The molecule has 0 aliphatic carbocycles. The van der Waals surface area contributed by atoms with Gasteiger partial charge in [0, 0.05) is 19.5 Å². The molecule has 1 saturated heterocycles. The van der Waals surface area contributed by atoms with Gasteiger partial charge < -0.3 is 9.47 Å². The zero-order valence-corrected chi connectivity index (χ0v) is 22.0. The lowest BCUT2D eigenvalue weighted by molar-refractivity contribution is -0.134. The Labute approximate surface area is 210 Å². The topological polar surface area (TPSA) is 59.1 Å². The van der Waals surface area contributed by atoms with Crippen LogP contribution in [0, 0.1) is 0 Å². The van der Waals surface area contributed by atoms with Crippen molar-refractivity contribution in [2.45, 2.75) is 90.9 Å². The monoisotopic (exact) mass is 480 g/mol. The van der Waals surface area contributed by atoms with Crippen molar-refractivity contribution in [3.8, 4) is 0 Å². The van der Waals surface area contributed by atoms with Crippen molar-refractivity contribution in [2.24, 2.45) is 0 Å². The molecule has 1 aliphatic rings. The summed E-state index contributed by atoms with van der Waals surface area (Å²) in [5.41, 5.74) is 0.948. The smallest absolute Gasteiger partial charge is 0.413 e. The summed E-state index contributed by atoms with van der Waals surface area (Å²) < 4.78 is 12.0. The second-order valence-electron chi connectivity index (χ2n) is 10.4. The van der Waals surface area contributed by atoms with Crippen molar-refractivity contribution in [3.05, 3.63) is 71.8 Å². The Kier molecular flexibility index (Phi) is 8.73. The van der Waals surface area contributed by atoms with E-state index in [1.165, 1.54) is 0 Å². The van der Waals surface area contributed by atoms with Crippen molar-refractivity contribution >= 4 is 11.9 Å². The predicted molar refractivity (Wildman–Crippen MR) is 138 cm³/mol. The number of ether oxygens (including phenoxy) is 2. The molecule has 3 rings (SSSR count). The van der Waals surface area contributed by atoms with Gasteiger partial charge in [0.05, 0.1) is 18.2 Å². The quantitative estimate of drug-likeness (QED) is 0.430. The molecule has 1 fully saturated rings. The minimum Gasteiger partial charge on any atom is -0.436 e. The van der Waals surface area contributed by atoms with Gasteiger partial charge in [0.1, 0.15) is 5.72 Å². The van der Waals surface area contributed by atoms with E-state index in [0.717, 1.165) is 11.1 Å². The summed E-state index contributed by atoms with van der Waals surface area (Å²) in [5.74, 6) is -0.0768. The maximum atomic E-state index is 13.5. The number of benzene rings is 2. The Morgan fingerprint density at radius 2 is 1.46 bits per heavy atom. The van der Waals surface area contributed by atoms with Crippen molar-refractivity contribution in [3.63, 3.8) is 0 Å². The molecule has 0 radical (unpaired) electrons. The predicted octanol–water partition coefficient (Wildman–Crippen LogP) is 5.80. The number of ketones is 1. The maximum absolute atomic E-state index is 13.5. The Morgan fingerprint density at radius 1 is 0.943 bits per heavy atom. The highest BCUT2D eigenvalue weighted by Gasteiger charge is 2.51. The van der Waals surface area contributed by atoms with E-state index in [2.05, 4.69) is 29.2 Å². The first-order valence-electron chi connectivity index (χ1n) is 12.6. The van der Waals surface area contributed by atoms with E-state index in [1.54, 1.807) is 4.90 Å². The fourth-order valence-electron chi connectivity index (χ4n) is 4.99. The SMILES string of the molecule is CCC(=O)[C@H](OC(=O)N1C(C)(C)COC1(C)C)[C@@H](CC)N(Cc1ccccc1)Cc1ccccc1. The van der Waals surface area contributed by atoms with Crippen molar-refractivity contribution in [2.75, 3.05) is 6.61 Å². The number of carbonyl (C=O) groups is 2. The highest BCUT2D eigenvalue weighted by molar-refractivity contribution is 5.86. The zero-order valence-electron chi connectivity index (χ0n) is 22.0. The van der Waals surface area contributed by atoms with Crippen LogP contribution in [0.25, 0.3) is 0 Å². The molecule has 6 nitrogen and oxygen atoms in total. The normalized spacial score (nSPS) is 18.3. The minimum atomic E-state index is -0.878. The zero-order chi connectivity index (χ0) is 25.6. The molecular formula is C29H40N2O4. The molecule has 35 heavy (non-hydrogen) atoms. The van der Waals surface area contributed by atoms with Crippen LogP contribution in [0.2, 0.25) is 0 Å². The summed E-state index contributed by atoms with van der Waals surface area (Å²) in [6.45, 7) is 13.2. The van der Waals surface area contributed by atoms with E-state index in [1.807, 2.05) is 77.9 Å². The maximum Gasteiger partial charge on any atom is 0.413 e. The summed E-state index contributed by atoms with van der Waals surface area (Å²) in [7, 11) is 0. The molecule has 0 unspecified atom stereocenters. The minimum absolute atomic E-state index is 0.0768. The van der Waals surface area contributed by atoms with Crippen LogP contribution in [0.3, 0.4) is 0 Å². The summed E-state index contributed by atoms with van der Waals surface area (Å²) in [6, 6.07) is 20.1. The van der Waals surface area contributed by atoms with Gasteiger partial charge in [0.2, 0.25) is 0 Å². The molecule has 1 aliphatic heterocycles. The molecule has 6 heteroatoms. The first-order valence-corrected chi connectivity index (χ1v) is 12.6. The fourth-order valence-corrected chi connectivity index (χ4v) is 4.99. The lowest BCUT2D eigenvalue weighted by Gasteiger charge is -2.40. The van der Waals surface area contributed by atoms with Gasteiger partial charge in [-0.15, -0.1) is 0 Å².